The van der Waals surface area contributed by atoms with E-state index in [1.54, 1.807) is 25.7 Å². The largest absolute Gasteiger partial charge is 0.444 e. The Morgan fingerprint density at radius 1 is 1.06 bits per heavy atom. The van der Waals surface area contributed by atoms with E-state index in [0.29, 0.717) is 19.5 Å². The minimum absolute atomic E-state index is 0.192. The molecule has 192 valence electrons. The Morgan fingerprint density at radius 2 is 1.71 bits per heavy atom. The molecule has 0 fully saturated rings. The van der Waals surface area contributed by atoms with Crippen molar-refractivity contribution in [2.24, 2.45) is 5.92 Å². The van der Waals surface area contributed by atoms with Crippen LogP contribution < -0.4 is 10.6 Å². The zero-order valence-corrected chi connectivity index (χ0v) is 22.6. The number of amides is 3. The Hall–Kier alpha value is -2.57. The molecule has 0 aliphatic rings. The lowest BCUT2D eigenvalue weighted by molar-refractivity contribution is -0.143. The lowest BCUT2D eigenvalue weighted by Crippen LogP contribution is -2.55. The summed E-state index contributed by atoms with van der Waals surface area (Å²) in [5.41, 5.74) is 2.15. The molecule has 7 nitrogen and oxygen atoms in total. The summed E-state index contributed by atoms with van der Waals surface area (Å²) in [4.78, 5) is 41.5. The van der Waals surface area contributed by atoms with Crippen molar-refractivity contribution in [1.29, 1.82) is 0 Å². The summed E-state index contributed by atoms with van der Waals surface area (Å²) < 4.78 is 5.40. The third-order valence-electron chi connectivity index (χ3n) is 5.46. The molecule has 0 aliphatic carbocycles. The molecule has 34 heavy (non-hydrogen) atoms. The van der Waals surface area contributed by atoms with Crippen molar-refractivity contribution in [3.63, 3.8) is 0 Å². The molecule has 1 aromatic carbocycles. The molecule has 0 aromatic heterocycles. The second-order valence-electron chi connectivity index (χ2n) is 10.3. The number of aryl methyl sites for hydroxylation is 2. The smallest absolute Gasteiger partial charge is 0.408 e. The van der Waals surface area contributed by atoms with Crippen LogP contribution in [0.2, 0.25) is 0 Å². The van der Waals surface area contributed by atoms with Gasteiger partial charge in [0.1, 0.15) is 17.7 Å². The Kier molecular flexibility index (Phi) is 11.6. The first kappa shape index (κ1) is 29.5. The number of carbonyl (C=O) groups is 3. The standard InChI is InChI=1S/C27H45N3O4/c1-10-12-15-28-24(31)23(21-14-13-19(5)17-20(21)6)30(16-11-2)25(32)22(18(3)4)29-26(33)34-27(7,8)9/h13-14,17-18,22-23H,10-12,15-16H2,1-9H3,(H,28,31)(H,29,33). The van der Waals surface area contributed by atoms with Crippen molar-refractivity contribution >= 4 is 17.9 Å². The van der Waals surface area contributed by atoms with Crippen LogP contribution in [0.4, 0.5) is 4.79 Å². The molecule has 1 rings (SSSR count). The van der Waals surface area contributed by atoms with Crippen LogP contribution in [0.3, 0.4) is 0 Å². The molecule has 2 unspecified atom stereocenters. The Bertz CT molecular complexity index is 830. The lowest BCUT2D eigenvalue weighted by atomic mass is 9.95. The molecule has 1 aromatic rings. The molecular weight excluding hydrogens is 430 g/mol. The first-order valence-corrected chi connectivity index (χ1v) is 12.5. The van der Waals surface area contributed by atoms with Crippen molar-refractivity contribution in [1.82, 2.24) is 15.5 Å². The van der Waals surface area contributed by atoms with Crippen LogP contribution in [0.5, 0.6) is 0 Å². The van der Waals surface area contributed by atoms with Gasteiger partial charge in [0, 0.05) is 13.1 Å². The third kappa shape index (κ3) is 8.99. The van der Waals surface area contributed by atoms with Gasteiger partial charge in [-0.05, 0) is 64.5 Å². The fraction of sp³-hybridized carbons (Fsp3) is 0.667. The Balaban J connectivity index is 3.42. The van der Waals surface area contributed by atoms with Gasteiger partial charge in [0.2, 0.25) is 11.8 Å². The highest BCUT2D eigenvalue weighted by Gasteiger charge is 2.37. The van der Waals surface area contributed by atoms with E-state index in [4.69, 9.17) is 4.74 Å². The van der Waals surface area contributed by atoms with Crippen LogP contribution >= 0.6 is 0 Å². The topological polar surface area (TPSA) is 87.7 Å². The van der Waals surface area contributed by atoms with Crippen molar-refractivity contribution in [2.75, 3.05) is 13.1 Å². The van der Waals surface area contributed by atoms with E-state index in [9.17, 15) is 14.4 Å². The van der Waals surface area contributed by atoms with Gasteiger partial charge in [0.25, 0.3) is 0 Å². The van der Waals surface area contributed by atoms with Gasteiger partial charge in [0.05, 0.1) is 0 Å². The molecule has 0 radical (unpaired) electrons. The number of alkyl carbamates (subject to hydrolysis) is 1. The SMILES string of the molecule is CCCCNC(=O)C(c1ccc(C)cc1C)N(CCC)C(=O)C(NC(=O)OC(C)(C)C)C(C)C. The highest BCUT2D eigenvalue weighted by atomic mass is 16.6. The molecule has 0 bridgehead atoms. The number of hydrogen-bond acceptors (Lipinski definition) is 4. The zero-order chi connectivity index (χ0) is 26.1. The third-order valence-corrected chi connectivity index (χ3v) is 5.46. The van der Waals surface area contributed by atoms with E-state index in [-0.39, 0.29) is 17.7 Å². The van der Waals surface area contributed by atoms with Crippen LogP contribution in [0, 0.1) is 19.8 Å². The molecule has 2 N–H and O–H groups in total. The van der Waals surface area contributed by atoms with Crippen molar-refractivity contribution < 1.29 is 19.1 Å². The van der Waals surface area contributed by atoms with Gasteiger partial charge in [-0.15, -0.1) is 0 Å². The lowest BCUT2D eigenvalue weighted by Gasteiger charge is -2.36. The van der Waals surface area contributed by atoms with E-state index in [1.807, 2.05) is 52.8 Å². The summed E-state index contributed by atoms with van der Waals surface area (Å²) in [6, 6.07) is 4.30. The number of nitrogens with zero attached hydrogens (tertiary/aromatic N) is 1. The maximum atomic E-state index is 13.9. The molecule has 0 heterocycles. The fourth-order valence-electron chi connectivity index (χ4n) is 3.80. The molecule has 0 saturated carbocycles. The quantitative estimate of drug-likeness (QED) is 0.439. The Labute approximate surface area is 206 Å². The summed E-state index contributed by atoms with van der Waals surface area (Å²) in [6.07, 6.45) is 1.85. The zero-order valence-electron chi connectivity index (χ0n) is 22.6. The minimum Gasteiger partial charge on any atom is -0.444 e. The molecule has 2 atom stereocenters. The predicted octanol–water partition coefficient (Wildman–Crippen LogP) is 5.05. The van der Waals surface area contributed by atoms with Crippen LogP contribution in [0.15, 0.2) is 18.2 Å². The van der Waals surface area contributed by atoms with Crippen LogP contribution in [-0.4, -0.2) is 47.5 Å². The number of carbonyl (C=O) groups excluding carboxylic acids is 3. The highest BCUT2D eigenvalue weighted by Crippen LogP contribution is 2.27. The maximum absolute atomic E-state index is 13.9. The van der Waals surface area contributed by atoms with E-state index in [1.165, 1.54) is 0 Å². The molecule has 0 saturated heterocycles. The number of ether oxygens (including phenoxy) is 1. The predicted molar refractivity (Wildman–Crippen MR) is 137 cm³/mol. The van der Waals surface area contributed by atoms with E-state index in [0.717, 1.165) is 29.5 Å². The fourth-order valence-corrected chi connectivity index (χ4v) is 3.80. The summed E-state index contributed by atoms with van der Waals surface area (Å²) in [7, 11) is 0. The van der Waals surface area contributed by atoms with Gasteiger partial charge in [-0.2, -0.15) is 0 Å². The molecule has 3 amide bonds. The normalized spacial score (nSPS) is 13.2. The minimum atomic E-state index is -0.821. The summed E-state index contributed by atoms with van der Waals surface area (Å²) in [6.45, 7) is 18.0. The van der Waals surface area contributed by atoms with Gasteiger partial charge in [-0.1, -0.05) is 57.9 Å². The van der Waals surface area contributed by atoms with Gasteiger partial charge < -0.3 is 20.3 Å². The number of unbranched alkanes of at least 4 members (excludes halogenated alkanes) is 1. The number of rotatable bonds is 11. The van der Waals surface area contributed by atoms with Crippen LogP contribution in [0.25, 0.3) is 0 Å². The molecule has 0 aliphatic heterocycles. The monoisotopic (exact) mass is 475 g/mol. The second-order valence-corrected chi connectivity index (χ2v) is 10.3. The van der Waals surface area contributed by atoms with Gasteiger partial charge in [-0.25, -0.2) is 4.79 Å². The van der Waals surface area contributed by atoms with Gasteiger partial charge in [0.15, 0.2) is 0 Å². The van der Waals surface area contributed by atoms with E-state index >= 15 is 0 Å². The number of benzene rings is 1. The summed E-state index contributed by atoms with van der Waals surface area (Å²) in [5, 5.41) is 5.76. The van der Waals surface area contributed by atoms with Crippen molar-refractivity contribution in [3.8, 4) is 0 Å². The highest BCUT2D eigenvalue weighted by molar-refractivity contribution is 5.92. The number of nitrogens with one attached hydrogen (secondary N) is 2. The first-order valence-electron chi connectivity index (χ1n) is 12.5. The molecule has 7 heteroatoms. The number of hydrogen-bond donors (Lipinski definition) is 2. The van der Waals surface area contributed by atoms with Crippen LogP contribution in [-0.2, 0) is 14.3 Å². The van der Waals surface area contributed by atoms with E-state index < -0.39 is 23.8 Å². The maximum Gasteiger partial charge on any atom is 0.408 e. The van der Waals surface area contributed by atoms with Crippen molar-refractivity contribution in [2.45, 2.75) is 99.3 Å². The summed E-state index contributed by atoms with van der Waals surface area (Å²) >= 11 is 0. The van der Waals surface area contributed by atoms with Crippen molar-refractivity contribution in [3.05, 3.63) is 34.9 Å². The van der Waals surface area contributed by atoms with E-state index in [2.05, 4.69) is 17.6 Å². The molecular formula is C27H45N3O4. The molecule has 0 spiro atoms. The average molecular weight is 476 g/mol. The van der Waals surface area contributed by atoms with Crippen LogP contribution in [0.1, 0.15) is 90.5 Å². The average Bonchev–Trinajstić information content (AvgIpc) is 2.71. The second kappa shape index (κ2) is 13.4. The summed E-state index contributed by atoms with van der Waals surface area (Å²) in [5.74, 6) is -0.692. The first-order chi connectivity index (χ1) is 15.8. The Morgan fingerprint density at radius 3 is 2.21 bits per heavy atom. The van der Waals surface area contributed by atoms with Gasteiger partial charge in [-0.3, -0.25) is 9.59 Å². The van der Waals surface area contributed by atoms with Gasteiger partial charge >= 0.3 is 6.09 Å².